The summed E-state index contributed by atoms with van der Waals surface area (Å²) in [5.74, 6) is 0.644. The van der Waals surface area contributed by atoms with E-state index >= 15 is 0 Å². The molecule has 2 fully saturated rings. The summed E-state index contributed by atoms with van der Waals surface area (Å²) in [6, 6.07) is 10.4. The van der Waals surface area contributed by atoms with Gasteiger partial charge in [-0.15, -0.1) is 0 Å². The number of likely N-dealkylation sites (tertiary alicyclic amines) is 2. The van der Waals surface area contributed by atoms with Crippen molar-refractivity contribution in [3.8, 4) is 0 Å². The highest BCUT2D eigenvalue weighted by molar-refractivity contribution is 5.88. The average Bonchev–Trinajstić information content (AvgIpc) is 3.11. The summed E-state index contributed by atoms with van der Waals surface area (Å²) in [5, 5.41) is 0. The van der Waals surface area contributed by atoms with Crippen molar-refractivity contribution >= 4 is 11.9 Å². The molecule has 3 heterocycles. The van der Waals surface area contributed by atoms with Crippen molar-refractivity contribution in [3.05, 3.63) is 53.3 Å². The molecule has 2 aromatic rings. The normalized spacial score (nSPS) is 26.0. The molecule has 5 rings (SSSR count). The second-order valence-electron chi connectivity index (χ2n) is 9.46. The number of rotatable bonds is 2. The predicted octanol–water partition coefficient (Wildman–Crippen LogP) is 2.53. The van der Waals surface area contributed by atoms with Gasteiger partial charge < -0.3 is 15.5 Å². The van der Waals surface area contributed by atoms with Crippen molar-refractivity contribution < 1.29 is 4.79 Å². The van der Waals surface area contributed by atoms with Crippen LogP contribution in [0.4, 0.5) is 5.95 Å². The van der Waals surface area contributed by atoms with Crippen LogP contribution in [0.15, 0.2) is 36.5 Å². The highest BCUT2D eigenvalue weighted by Gasteiger charge is 2.49. The van der Waals surface area contributed by atoms with Crippen LogP contribution in [0.3, 0.4) is 0 Å². The Hall–Kier alpha value is -2.47. The van der Waals surface area contributed by atoms with Gasteiger partial charge in [0.05, 0.1) is 11.1 Å². The number of piperidine rings is 2. The summed E-state index contributed by atoms with van der Waals surface area (Å²) < 4.78 is 0. The van der Waals surface area contributed by atoms with Crippen LogP contribution in [0.2, 0.25) is 0 Å². The number of carbonyl (C=O) groups excluding carboxylic acids is 1. The molecule has 6 heteroatoms. The Morgan fingerprint density at radius 2 is 1.83 bits per heavy atom. The summed E-state index contributed by atoms with van der Waals surface area (Å²) in [6.45, 7) is 3.49. The molecule has 158 valence electrons. The van der Waals surface area contributed by atoms with E-state index < -0.39 is 5.41 Å². The molecular weight excluding hydrogens is 374 g/mol. The maximum Gasteiger partial charge on any atom is 0.233 e. The third kappa shape index (κ3) is 3.09. The van der Waals surface area contributed by atoms with Crippen LogP contribution in [0, 0.1) is 0 Å². The van der Waals surface area contributed by atoms with E-state index in [0.29, 0.717) is 11.9 Å². The van der Waals surface area contributed by atoms with Gasteiger partial charge in [-0.1, -0.05) is 30.3 Å². The fraction of sp³-hybridized carbons (Fsp3) is 0.542. The number of amides is 1. The van der Waals surface area contributed by atoms with Crippen LogP contribution < -0.4 is 5.73 Å². The summed E-state index contributed by atoms with van der Waals surface area (Å²) in [5.41, 5.74) is 8.91. The number of fused-ring (bicyclic) bond motifs is 2. The fourth-order valence-electron chi connectivity index (χ4n) is 5.94. The monoisotopic (exact) mass is 405 g/mol. The first-order chi connectivity index (χ1) is 14.5. The minimum atomic E-state index is -0.418. The number of anilines is 1. The van der Waals surface area contributed by atoms with E-state index in [1.54, 1.807) is 0 Å². The van der Waals surface area contributed by atoms with E-state index in [9.17, 15) is 4.79 Å². The standard InChI is InChI=1S/C24H31N5O/c1-28-14-11-24(12-15-28,19-6-3-2-4-7-19)21(30)29-13-5-9-23(17-29)10-8-18-16-26-22(25)27-20(18)23/h2-4,6-7,16H,5,8-15,17H2,1H3,(H2,25,26,27). The summed E-state index contributed by atoms with van der Waals surface area (Å²) >= 11 is 0. The lowest BCUT2D eigenvalue weighted by atomic mass is 9.70. The number of nitrogens with zero attached hydrogens (tertiary/aromatic N) is 4. The van der Waals surface area contributed by atoms with Crippen LogP contribution in [0.5, 0.6) is 0 Å². The molecule has 2 N–H and O–H groups in total. The van der Waals surface area contributed by atoms with Crippen molar-refractivity contribution in [2.45, 2.75) is 49.4 Å². The molecule has 1 spiro atoms. The van der Waals surface area contributed by atoms with Crippen molar-refractivity contribution in [2.75, 3.05) is 39.0 Å². The number of carbonyl (C=O) groups is 1. The smallest absolute Gasteiger partial charge is 0.233 e. The summed E-state index contributed by atoms with van der Waals surface area (Å²) in [4.78, 5) is 27.5. The molecule has 0 bridgehead atoms. The Balaban J connectivity index is 1.48. The average molecular weight is 406 g/mol. The van der Waals surface area contributed by atoms with Gasteiger partial charge >= 0.3 is 0 Å². The molecule has 1 aromatic carbocycles. The Kier molecular flexibility index (Phi) is 4.77. The molecule has 0 saturated carbocycles. The third-order valence-corrected chi connectivity index (χ3v) is 7.70. The third-order valence-electron chi connectivity index (χ3n) is 7.70. The minimum Gasteiger partial charge on any atom is -0.368 e. The maximum absolute atomic E-state index is 14.2. The topological polar surface area (TPSA) is 75.4 Å². The number of hydrogen-bond acceptors (Lipinski definition) is 5. The number of aryl methyl sites for hydroxylation is 1. The first kappa shape index (κ1) is 19.5. The van der Waals surface area contributed by atoms with Gasteiger partial charge in [-0.05, 0) is 69.8 Å². The van der Waals surface area contributed by atoms with E-state index in [1.165, 1.54) is 11.1 Å². The Morgan fingerprint density at radius 3 is 2.60 bits per heavy atom. The highest BCUT2D eigenvalue weighted by Crippen LogP contribution is 2.46. The van der Waals surface area contributed by atoms with E-state index in [4.69, 9.17) is 5.73 Å². The summed E-state index contributed by atoms with van der Waals surface area (Å²) in [6.07, 6.45) is 7.73. The molecule has 3 aliphatic rings. The fourth-order valence-corrected chi connectivity index (χ4v) is 5.94. The Bertz CT molecular complexity index is 934. The minimum absolute atomic E-state index is 0.0658. The molecule has 1 aromatic heterocycles. The van der Waals surface area contributed by atoms with Crippen molar-refractivity contribution in [2.24, 2.45) is 0 Å². The number of benzene rings is 1. The van der Waals surface area contributed by atoms with Crippen molar-refractivity contribution in [1.29, 1.82) is 0 Å². The molecule has 1 aliphatic carbocycles. The van der Waals surface area contributed by atoms with Gasteiger partial charge in [-0.25, -0.2) is 9.97 Å². The molecule has 0 radical (unpaired) electrons. The lowest BCUT2D eigenvalue weighted by Gasteiger charge is -2.47. The quantitative estimate of drug-likeness (QED) is 0.831. The molecule has 1 unspecified atom stereocenters. The molecule has 2 aliphatic heterocycles. The summed E-state index contributed by atoms with van der Waals surface area (Å²) in [7, 11) is 2.15. The van der Waals surface area contributed by atoms with Crippen molar-refractivity contribution in [3.63, 3.8) is 0 Å². The van der Waals surface area contributed by atoms with Crippen LogP contribution in [0.25, 0.3) is 0 Å². The van der Waals surface area contributed by atoms with Gasteiger partial charge in [-0.2, -0.15) is 0 Å². The Labute approximate surface area is 178 Å². The molecule has 1 amide bonds. The molecular formula is C24H31N5O. The van der Waals surface area contributed by atoms with Crippen LogP contribution >= 0.6 is 0 Å². The second kappa shape index (κ2) is 7.34. The molecule has 1 atom stereocenters. The van der Waals surface area contributed by atoms with Crippen LogP contribution in [-0.4, -0.2) is 58.9 Å². The van der Waals surface area contributed by atoms with Crippen LogP contribution in [-0.2, 0) is 22.0 Å². The van der Waals surface area contributed by atoms with E-state index in [2.05, 4.69) is 51.1 Å². The van der Waals surface area contributed by atoms with Crippen molar-refractivity contribution in [1.82, 2.24) is 19.8 Å². The van der Waals surface area contributed by atoms with Gasteiger partial charge in [0.25, 0.3) is 0 Å². The highest BCUT2D eigenvalue weighted by atomic mass is 16.2. The number of aromatic nitrogens is 2. The van der Waals surface area contributed by atoms with Gasteiger partial charge in [0.1, 0.15) is 0 Å². The largest absolute Gasteiger partial charge is 0.368 e. The van der Waals surface area contributed by atoms with E-state index in [0.717, 1.165) is 70.4 Å². The molecule has 2 saturated heterocycles. The first-order valence-corrected chi connectivity index (χ1v) is 11.2. The zero-order chi connectivity index (χ0) is 20.8. The molecule has 30 heavy (non-hydrogen) atoms. The van der Waals surface area contributed by atoms with Crippen LogP contribution in [0.1, 0.15) is 48.9 Å². The SMILES string of the molecule is CN1CCC(C(=O)N2CCCC3(CCc4cnc(N)nc43)C2)(c2ccccc2)CC1. The van der Waals surface area contributed by atoms with Gasteiger partial charge in [0.2, 0.25) is 11.9 Å². The van der Waals surface area contributed by atoms with E-state index in [-0.39, 0.29) is 5.41 Å². The number of nitrogen functional groups attached to an aromatic ring is 1. The lowest BCUT2D eigenvalue weighted by Crippen LogP contribution is -2.56. The molecule has 6 nitrogen and oxygen atoms in total. The predicted molar refractivity (Wildman–Crippen MR) is 117 cm³/mol. The van der Waals surface area contributed by atoms with Gasteiger partial charge in [0, 0.05) is 24.7 Å². The Morgan fingerprint density at radius 1 is 1.07 bits per heavy atom. The zero-order valence-electron chi connectivity index (χ0n) is 17.8. The second-order valence-corrected chi connectivity index (χ2v) is 9.46. The number of nitrogens with two attached hydrogens (primary N) is 1. The van der Waals surface area contributed by atoms with Gasteiger partial charge in [0.15, 0.2) is 0 Å². The van der Waals surface area contributed by atoms with Gasteiger partial charge in [-0.3, -0.25) is 4.79 Å². The lowest BCUT2D eigenvalue weighted by molar-refractivity contribution is -0.141. The first-order valence-electron chi connectivity index (χ1n) is 11.2. The van der Waals surface area contributed by atoms with E-state index in [1.807, 2.05) is 12.3 Å². The number of hydrogen-bond donors (Lipinski definition) is 1. The maximum atomic E-state index is 14.2. The zero-order valence-corrected chi connectivity index (χ0v) is 17.8.